The van der Waals surface area contributed by atoms with Crippen molar-refractivity contribution in [2.24, 2.45) is 11.7 Å². The van der Waals surface area contributed by atoms with E-state index in [-0.39, 0.29) is 11.8 Å². The Hall–Kier alpha value is -0.650. The minimum Gasteiger partial charge on any atom is -0.389 e. The number of β-amino-alcohol motifs (C(OH)–C–C–N with tert-alkyl or cyclic N) is 1. The van der Waals surface area contributed by atoms with Crippen LogP contribution in [0.4, 0.5) is 0 Å². The number of aliphatic hydroxyl groups excluding tert-OH is 1. The van der Waals surface area contributed by atoms with E-state index in [0.29, 0.717) is 32.3 Å². The van der Waals surface area contributed by atoms with Gasteiger partial charge in [0.15, 0.2) is 0 Å². The number of piperidine rings is 1. The number of primary amides is 1. The van der Waals surface area contributed by atoms with Crippen LogP contribution in [0.2, 0.25) is 0 Å². The summed E-state index contributed by atoms with van der Waals surface area (Å²) in [5.74, 6) is -0.310. The second-order valence-corrected chi connectivity index (χ2v) is 5.56. The van der Waals surface area contributed by atoms with E-state index in [1.54, 1.807) is 0 Å². The van der Waals surface area contributed by atoms with E-state index >= 15 is 0 Å². The van der Waals surface area contributed by atoms with Crippen LogP contribution in [-0.2, 0) is 9.53 Å². The molecule has 3 unspecified atom stereocenters. The first-order chi connectivity index (χ1) is 9.04. The fraction of sp³-hybridized carbons (Fsp3) is 0.929. The van der Waals surface area contributed by atoms with Crippen LogP contribution >= 0.6 is 0 Å². The molecule has 0 aromatic carbocycles. The van der Waals surface area contributed by atoms with Crippen LogP contribution in [0.15, 0.2) is 0 Å². The van der Waals surface area contributed by atoms with Gasteiger partial charge >= 0.3 is 0 Å². The van der Waals surface area contributed by atoms with Gasteiger partial charge in [-0.05, 0) is 26.2 Å². The average Bonchev–Trinajstić information content (AvgIpc) is 2.37. The number of unbranched alkanes of at least 4 members (excludes halogenated alkanes) is 1. The van der Waals surface area contributed by atoms with Gasteiger partial charge in [0.25, 0.3) is 0 Å². The lowest BCUT2D eigenvalue weighted by Crippen LogP contribution is -2.49. The van der Waals surface area contributed by atoms with E-state index in [2.05, 4.69) is 18.7 Å². The molecule has 3 atom stereocenters. The zero-order valence-electron chi connectivity index (χ0n) is 12.2. The third-order valence-corrected chi connectivity index (χ3v) is 3.81. The molecule has 0 aromatic rings. The van der Waals surface area contributed by atoms with Crippen LogP contribution in [0.1, 0.15) is 39.5 Å². The van der Waals surface area contributed by atoms with E-state index in [9.17, 15) is 9.90 Å². The Bertz CT molecular complexity index is 273. The van der Waals surface area contributed by atoms with Crippen molar-refractivity contribution < 1.29 is 14.6 Å². The topological polar surface area (TPSA) is 75.8 Å². The van der Waals surface area contributed by atoms with Crippen molar-refractivity contribution in [3.8, 4) is 0 Å². The maximum atomic E-state index is 11.2. The molecule has 112 valence electrons. The molecule has 0 aliphatic carbocycles. The fourth-order valence-corrected chi connectivity index (χ4v) is 2.46. The SMILES string of the molecule is CCCCOCC(O)CN1CC(C(N)=O)CCC1C. The summed E-state index contributed by atoms with van der Waals surface area (Å²) in [5, 5.41) is 9.96. The summed E-state index contributed by atoms with van der Waals surface area (Å²) in [6.07, 6.45) is 3.44. The molecule has 1 amide bonds. The Morgan fingerprint density at radius 3 is 2.89 bits per heavy atom. The molecule has 0 bridgehead atoms. The van der Waals surface area contributed by atoms with Crippen molar-refractivity contribution in [3.63, 3.8) is 0 Å². The number of carbonyl (C=O) groups excluding carboxylic acids is 1. The second kappa shape index (κ2) is 8.51. The summed E-state index contributed by atoms with van der Waals surface area (Å²) < 4.78 is 5.42. The van der Waals surface area contributed by atoms with Crippen LogP contribution in [0.5, 0.6) is 0 Å². The summed E-state index contributed by atoms with van der Waals surface area (Å²) in [4.78, 5) is 13.4. The molecule has 0 saturated carbocycles. The lowest BCUT2D eigenvalue weighted by molar-refractivity contribution is -0.124. The third-order valence-electron chi connectivity index (χ3n) is 3.81. The summed E-state index contributed by atoms with van der Waals surface area (Å²) in [6, 6.07) is 0.390. The van der Waals surface area contributed by atoms with Gasteiger partial charge in [0.1, 0.15) is 0 Å². The standard InChI is InChI=1S/C14H28N2O3/c1-3-4-7-19-10-13(17)9-16-8-12(14(15)18)6-5-11(16)2/h11-13,17H,3-10H2,1-2H3,(H2,15,18). The monoisotopic (exact) mass is 272 g/mol. The molecule has 5 heteroatoms. The Morgan fingerprint density at radius 1 is 1.53 bits per heavy atom. The highest BCUT2D eigenvalue weighted by Crippen LogP contribution is 2.21. The Labute approximate surface area is 116 Å². The fourth-order valence-electron chi connectivity index (χ4n) is 2.46. The Balaban J connectivity index is 2.30. The highest BCUT2D eigenvalue weighted by atomic mass is 16.5. The summed E-state index contributed by atoms with van der Waals surface area (Å²) in [6.45, 7) is 6.51. The smallest absolute Gasteiger partial charge is 0.221 e. The van der Waals surface area contributed by atoms with Gasteiger partial charge in [0.2, 0.25) is 5.91 Å². The predicted molar refractivity (Wildman–Crippen MR) is 74.7 cm³/mol. The van der Waals surface area contributed by atoms with Crippen molar-refractivity contribution in [3.05, 3.63) is 0 Å². The van der Waals surface area contributed by atoms with E-state index in [1.165, 1.54) is 0 Å². The Morgan fingerprint density at radius 2 is 2.26 bits per heavy atom. The van der Waals surface area contributed by atoms with Crippen molar-refractivity contribution in [2.75, 3.05) is 26.3 Å². The minimum atomic E-state index is -0.495. The number of likely N-dealkylation sites (tertiary alicyclic amines) is 1. The quantitative estimate of drug-likeness (QED) is 0.639. The van der Waals surface area contributed by atoms with Crippen LogP contribution in [0, 0.1) is 5.92 Å². The van der Waals surface area contributed by atoms with Gasteiger partial charge in [0, 0.05) is 25.7 Å². The molecule has 5 nitrogen and oxygen atoms in total. The zero-order valence-corrected chi connectivity index (χ0v) is 12.2. The molecule has 1 rings (SSSR count). The molecule has 1 saturated heterocycles. The van der Waals surface area contributed by atoms with Crippen molar-refractivity contribution in [1.82, 2.24) is 4.90 Å². The first kappa shape index (κ1) is 16.4. The average molecular weight is 272 g/mol. The number of rotatable bonds is 8. The van der Waals surface area contributed by atoms with Gasteiger partial charge in [-0.2, -0.15) is 0 Å². The van der Waals surface area contributed by atoms with Gasteiger partial charge in [0.05, 0.1) is 18.6 Å². The van der Waals surface area contributed by atoms with Crippen LogP contribution in [-0.4, -0.2) is 54.4 Å². The zero-order chi connectivity index (χ0) is 14.3. The van der Waals surface area contributed by atoms with Crippen molar-refractivity contribution >= 4 is 5.91 Å². The number of ether oxygens (including phenoxy) is 1. The van der Waals surface area contributed by atoms with E-state index in [0.717, 1.165) is 25.7 Å². The van der Waals surface area contributed by atoms with Gasteiger partial charge in [-0.15, -0.1) is 0 Å². The molecule has 1 fully saturated rings. The highest BCUT2D eigenvalue weighted by molar-refractivity contribution is 5.76. The minimum absolute atomic E-state index is 0.0793. The van der Waals surface area contributed by atoms with Crippen LogP contribution in [0.3, 0.4) is 0 Å². The number of hydrogen-bond donors (Lipinski definition) is 2. The normalized spacial score (nSPS) is 26.3. The van der Waals surface area contributed by atoms with Gasteiger partial charge < -0.3 is 15.6 Å². The number of carbonyl (C=O) groups is 1. The molecule has 3 N–H and O–H groups in total. The molecule has 0 spiro atoms. The van der Waals surface area contributed by atoms with E-state index in [1.807, 2.05) is 0 Å². The van der Waals surface area contributed by atoms with Crippen molar-refractivity contribution in [1.29, 1.82) is 0 Å². The van der Waals surface area contributed by atoms with E-state index in [4.69, 9.17) is 10.5 Å². The summed E-state index contributed by atoms with van der Waals surface area (Å²) in [5.41, 5.74) is 5.37. The second-order valence-electron chi connectivity index (χ2n) is 5.56. The third kappa shape index (κ3) is 5.89. The Kier molecular flexibility index (Phi) is 7.34. The lowest BCUT2D eigenvalue weighted by atomic mass is 9.93. The molecule has 0 radical (unpaired) electrons. The molecule has 0 aromatic heterocycles. The number of nitrogens with zero attached hydrogens (tertiary/aromatic N) is 1. The molecular formula is C14H28N2O3. The molecule has 1 aliphatic heterocycles. The maximum absolute atomic E-state index is 11.2. The first-order valence-corrected chi connectivity index (χ1v) is 7.33. The van der Waals surface area contributed by atoms with Gasteiger partial charge in [-0.3, -0.25) is 9.69 Å². The first-order valence-electron chi connectivity index (χ1n) is 7.33. The summed E-state index contributed by atoms with van der Waals surface area (Å²) >= 11 is 0. The number of nitrogens with two attached hydrogens (primary N) is 1. The lowest BCUT2D eigenvalue weighted by Gasteiger charge is -2.37. The van der Waals surface area contributed by atoms with E-state index < -0.39 is 6.10 Å². The predicted octanol–water partition coefficient (Wildman–Crippen LogP) is 0.750. The maximum Gasteiger partial charge on any atom is 0.221 e. The van der Waals surface area contributed by atoms with Crippen LogP contribution < -0.4 is 5.73 Å². The number of amides is 1. The molecule has 1 aliphatic rings. The van der Waals surface area contributed by atoms with Gasteiger partial charge in [-0.25, -0.2) is 0 Å². The molecular weight excluding hydrogens is 244 g/mol. The molecule has 19 heavy (non-hydrogen) atoms. The number of hydrogen-bond acceptors (Lipinski definition) is 4. The van der Waals surface area contributed by atoms with Gasteiger partial charge in [-0.1, -0.05) is 13.3 Å². The summed E-state index contributed by atoms with van der Waals surface area (Å²) in [7, 11) is 0. The molecule has 1 heterocycles. The van der Waals surface area contributed by atoms with Crippen molar-refractivity contribution in [2.45, 2.75) is 51.7 Å². The highest BCUT2D eigenvalue weighted by Gasteiger charge is 2.29. The largest absolute Gasteiger partial charge is 0.389 e. The number of aliphatic hydroxyl groups is 1. The van der Waals surface area contributed by atoms with Crippen LogP contribution in [0.25, 0.3) is 0 Å².